The van der Waals surface area contributed by atoms with Crippen molar-refractivity contribution in [3.05, 3.63) is 23.4 Å². The average Bonchev–Trinajstić information content (AvgIpc) is 2.50. The van der Waals surface area contributed by atoms with Gasteiger partial charge >= 0.3 is 0 Å². The largest absolute Gasteiger partial charge is 0.342 e. The van der Waals surface area contributed by atoms with Crippen molar-refractivity contribution in [2.75, 3.05) is 32.0 Å². The summed E-state index contributed by atoms with van der Waals surface area (Å²) in [4.78, 5) is 29.7. The van der Waals surface area contributed by atoms with E-state index in [4.69, 9.17) is 11.6 Å². The summed E-state index contributed by atoms with van der Waals surface area (Å²) in [5.74, 6) is 0.445. The second kappa shape index (κ2) is 8.92. The summed E-state index contributed by atoms with van der Waals surface area (Å²) >= 11 is 5.75. The summed E-state index contributed by atoms with van der Waals surface area (Å²) in [6.07, 6.45) is 2.85. The number of aromatic nitrogens is 1. The molecule has 0 saturated carbocycles. The molecule has 1 aliphatic rings. The molecule has 2 amide bonds. The Bertz CT molecular complexity index is 502. The average molecular weight is 347 g/mol. The first-order chi connectivity index (χ1) is 10.1. The van der Waals surface area contributed by atoms with Crippen LogP contribution in [0.15, 0.2) is 18.3 Å². The minimum atomic E-state index is -0.0823. The minimum absolute atomic E-state index is 0. The van der Waals surface area contributed by atoms with Gasteiger partial charge in [-0.1, -0.05) is 11.6 Å². The van der Waals surface area contributed by atoms with Crippen molar-refractivity contribution in [1.82, 2.24) is 15.2 Å². The molecule has 1 aromatic rings. The van der Waals surface area contributed by atoms with Crippen LogP contribution in [0.25, 0.3) is 0 Å². The topological polar surface area (TPSA) is 74.3 Å². The molecule has 0 atom stereocenters. The third-order valence-corrected chi connectivity index (χ3v) is 3.75. The Kier molecular flexibility index (Phi) is 7.58. The summed E-state index contributed by atoms with van der Waals surface area (Å²) in [6.45, 7) is 1.57. The third kappa shape index (κ3) is 5.12. The number of likely N-dealkylation sites (tertiary alicyclic amines) is 1. The molecule has 1 fully saturated rings. The lowest BCUT2D eigenvalue weighted by atomic mass is 9.96. The highest BCUT2D eigenvalue weighted by molar-refractivity contribution is 6.30. The second-order valence-electron chi connectivity index (χ2n) is 5.04. The first-order valence-electron chi connectivity index (χ1n) is 6.95. The van der Waals surface area contributed by atoms with Crippen LogP contribution < -0.4 is 10.6 Å². The van der Waals surface area contributed by atoms with Gasteiger partial charge in [-0.3, -0.25) is 9.59 Å². The van der Waals surface area contributed by atoms with Crippen LogP contribution in [0.3, 0.4) is 0 Å². The monoisotopic (exact) mass is 346 g/mol. The van der Waals surface area contributed by atoms with Gasteiger partial charge in [-0.2, -0.15) is 0 Å². The number of carbonyl (C=O) groups is 2. The molecule has 0 radical (unpaired) electrons. The van der Waals surface area contributed by atoms with Gasteiger partial charge in [0.05, 0.1) is 11.6 Å². The van der Waals surface area contributed by atoms with Gasteiger partial charge in [-0.25, -0.2) is 4.98 Å². The molecule has 2 heterocycles. The maximum Gasteiger partial charge on any atom is 0.236 e. The molecule has 22 heavy (non-hydrogen) atoms. The van der Waals surface area contributed by atoms with Crippen LogP contribution in [0.2, 0.25) is 5.02 Å². The molecule has 0 aliphatic carbocycles. The molecule has 2 N–H and O–H groups in total. The van der Waals surface area contributed by atoms with Gasteiger partial charge in [0.15, 0.2) is 0 Å². The predicted molar refractivity (Wildman–Crippen MR) is 88.4 cm³/mol. The molecular formula is C14H20Cl2N4O2. The van der Waals surface area contributed by atoms with Crippen LogP contribution in [0.4, 0.5) is 5.82 Å². The van der Waals surface area contributed by atoms with Crippen molar-refractivity contribution in [2.45, 2.75) is 12.8 Å². The number of amides is 2. The zero-order chi connectivity index (χ0) is 15.2. The van der Waals surface area contributed by atoms with Crippen LogP contribution in [-0.4, -0.2) is 48.4 Å². The fourth-order valence-corrected chi connectivity index (χ4v) is 2.44. The number of hydrogen-bond acceptors (Lipinski definition) is 4. The quantitative estimate of drug-likeness (QED) is 0.867. The third-order valence-electron chi connectivity index (χ3n) is 3.53. The molecule has 1 aromatic heterocycles. The number of nitrogens with one attached hydrogen (secondary N) is 2. The Labute approximate surface area is 141 Å². The number of likely N-dealkylation sites (N-methyl/N-ethyl adjacent to an activating group) is 1. The SMILES string of the molecule is CNCC(=O)N1CCC(C(=O)Nc2ccc(Cl)cn2)CC1.Cl. The van der Waals surface area contributed by atoms with Gasteiger partial charge in [0, 0.05) is 25.2 Å². The fourth-order valence-electron chi connectivity index (χ4n) is 2.33. The molecule has 0 unspecified atom stereocenters. The van der Waals surface area contributed by atoms with Crippen LogP contribution in [-0.2, 0) is 9.59 Å². The van der Waals surface area contributed by atoms with Crippen molar-refractivity contribution in [3.63, 3.8) is 0 Å². The van der Waals surface area contributed by atoms with Crippen molar-refractivity contribution >= 4 is 41.6 Å². The zero-order valence-corrected chi connectivity index (χ0v) is 13.9. The van der Waals surface area contributed by atoms with Gasteiger partial charge in [-0.05, 0) is 32.0 Å². The predicted octanol–water partition coefficient (Wildman–Crippen LogP) is 1.55. The van der Waals surface area contributed by atoms with E-state index in [2.05, 4.69) is 15.6 Å². The molecule has 0 bridgehead atoms. The van der Waals surface area contributed by atoms with E-state index in [1.165, 1.54) is 6.20 Å². The van der Waals surface area contributed by atoms with E-state index in [0.717, 1.165) is 0 Å². The molecular weight excluding hydrogens is 327 g/mol. The first kappa shape index (κ1) is 18.7. The van der Waals surface area contributed by atoms with Crippen molar-refractivity contribution in [3.8, 4) is 0 Å². The van der Waals surface area contributed by atoms with Crippen LogP contribution in [0.1, 0.15) is 12.8 Å². The Balaban J connectivity index is 0.00000242. The highest BCUT2D eigenvalue weighted by Gasteiger charge is 2.27. The summed E-state index contributed by atoms with van der Waals surface area (Å²) in [5, 5.41) is 6.16. The number of nitrogens with zero attached hydrogens (tertiary/aromatic N) is 2. The van der Waals surface area contributed by atoms with E-state index in [-0.39, 0.29) is 30.1 Å². The maximum atomic E-state index is 12.2. The summed E-state index contributed by atoms with van der Waals surface area (Å²) in [6, 6.07) is 3.36. The standard InChI is InChI=1S/C14H19ClN4O2.ClH/c1-16-9-13(20)19-6-4-10(5-7-19)14(21)18-12-3-2-11(15)8-17-12;/h2-3,8,10,16H,4-7,9H2,1H3,(H,17,18,21);1H. The number of hydrogen-bond donors (Lipinski definition) is 2. The normalized spacial score (nSPS) is 15.1. The maximum absolute atomic E-state index is 12.2. The Morgan fingerprint density at radius 3 is 2.59 bits per heavy atom. The van der Waals surface area contributed by atoms with Gasteiger partial charge in [0.2, 0.25) is 11.8 Å². The summed E-state index contributed by atoms with van der Waals surface area (Å²) < 4.78 is 0. The number of piperidine rings is 1. The van der Waals surface area contributed by atoms with Crippen LogP contribution >= 0.6 is 24.0 Å². The number of rotatable bonds is 4. The molecule has 1 saturated heterocycles. The number of halogens is 2. The molecule has 6 nitrogen and oxygen atoms in total. The smallest absolute Gasteiger partial charge is 0.236 e. The lowest BCUT2D eigenvalue weighted by molar-refractivity contribution is -0.133. The Morgan fingerprint density at radius 2 is 2.05 bits per heavy atom. The summed E-state index contributed by atoms with van der Waals surface area (Å²) in [7, 11) is 1.75. The van der Waals surface area contributed by atoms with Crippen molar-refractivity contribution in [1.29, 1.82) is 0 Å². The van der Waals surface area contributed by atoms with Crippen molar-refractivity contribution in [2.24, 2.45) is 5.92 Å². The van der Waals surface area contributed by atoms with Crippen LogP contribution in [0.5, 0.6) is 0 Å². The van der Waals surface area contributed by atoms with Gasteiger partial charge < -0.3 is 15.5 Å². The highest BCUT2D eigenvalue weighted by atomic mass is 35.5. The zero-order valence-electron chi connectivity index (χ0n) is 12.3. The van der Waals surface area contributed by atoms with E-state index >= 15 is 0 Å². The Morgan fingerprint density at radius 1 is 1.36 bits per heavy atom. The van der Waals surface area contributed by atoms with Gasteiger partial charge in [-0.15, -0.1) is 12.4 Å². The van der Waals surface area contributed by atoms with Gasteiger partial charge in [0.25, 0.3) is 0 Å². The molecule has 1 aliphatic heterocycles. The minimum Gasteiger partial charge on any atom is -0.342 e. The van der Waals surface area contributed by atoms with E-state index < -0.39 is 0 Å². The Hall–Kier alpha value is -1.37. The van der Waals surface area contributed by atoms with E-state index in [9.17, 15) is 9.59 Å². The summed E-state index contributed by atoms with van der Waals surface area (Å²) in [5.41, 5.74) is 0. The van der Waals surface area contributed by atoms with E-state index in [0.29, 0.717) is 43.3 Å². The van der Waals surface area contributed by atoms with E-state index in [1.807, 2.05) is 0 Å². The molecule has 0 aromatic carbocycles. The number of anilines is 1. The number of carbonyl (C=O) groups excluding carboxylic acids is 2. The second-order valence-corrected chi connectivity index (χ2v) is 5.47. The van der Waals surface area contributed by atoms with E-state index in [1.54, 1.807) is 24.1 Å². The lowest BCUT2D eigenvalue weighted by Crippen LogP contribution is -2.44. The van der Waals surface area contributed by atoms with Gasteiger partial charge in [0.1, 0.15) is 5.82 Å². The molecule has 2 rings (SSSR count). The molecule has 8 heteroatoms. The molecule has 0 spiro atoms. The van der Waals surface area contributed by atoms with Crippen molar-refractivity contribution < 1.29 is 9.59 Å². The molecule has 122 valence electrons. The number of pyridine rings is 1. The van der Waals surface area contributed by atoms with Crippen LogP contribution in [0, 0.1) is 5.92 Å². The highest BCUT2D eigenvalue weighted by Crippen LogP contribution is 2.19. The lowest BCUT2D eigenvalue weighted by Gasteiger charge is -2.31. The fraction of sp³-hybridized carbons (Fsp3) is 0.500. The first-order valence-corrected chi connectivity index (χ1v) is 7.32.